The molecule has 1 unspecified atom stereocenters. The van der Waals surface area contributed by atoms with Crippen LogP contribution in [0.25, 0.3) is 0 Å². The highest BCUT2D eigenvalue weighted by molar-refractivity contribution is 5.96. The molecule has 2 aliphatic rings. The van der Waals surface area contributed by atoms with Gasteiger partial charge in [0.05, 0.1) is 5.71 Å². The summed E-state index contributed by atoms with van der Waals surface area (Å²) >= 11 is 0. The molecule has 86 valence electrons. The molecule has 3 N–H and O–H groups in total. The van der Waals surface area contributed by atoms with Gasteiger partial charge in [-0.2, -0.15) is 5.10 Å². The van der Waals surface area contributed by atoms with Crippen LogP contribution in [0.15, 0.2) is 29.4 Å². The van der Waals surface area contributed by atoms with Crippen molar-refractivity contribution in [2.75, 3.05) is 0 Å². The molecule has 0 saturated carbocycles. The molecule has 2 amide bonds. The Morgan fingerprint density at radius 2 is 2.31 bits per heavy atom. The predicted octanol–water partition coefficient (Wildman–Crippen LogP) is 2.09. The summed E-state index contributed by atoms with van der Waals surface area (Å²) in [5.74, 6) is 0. The van der Waals surface area contributed by atoms with Crippen molar-refractivity contribution in [1.29, 1.82) is 0 Å². The quantitative estimate of drug-likeness (QED) is 0.514. The lowest BCUT2D eigenvalue weighted by molar-refractivity contribution is 0.249. The molecule has 1 atom stereocenters. The zero-order chi connectivity index (χ0) is 11.4. The fourth-order valence-electron chi connectivity index (χ4n) is 2.32. The fourth-order valence-corrected chi connectivity index (χ4v) is 2.32. The van der Waals surface area contributed by atoms with E-state index in [1.165, 1.54) is 6.42 Å². The normalized spacial score (nSPS) is 30.9. The van der Waals surface area contributed by atoms with Crippen molar-refractivity contribution in [3.8, 4) is 0 Å². The minimum atomic E-state index is -0.609. The minimum Gasteiger partial charge on any atom is -0.350 e. The van der Waals surface area contributed by atoms with Crippen LogP contribution in [-0.4, -0.2) is 11.7 Å². The van der Waals surface area contributed by atoms with E-state index in [-0.39, 0.29) is 0 Å². The number of primary amides is 1. The summed E-state index contributed by atoms with van der Waals surface area (Å²) in [7, 11) is 0. The second-order valence-electron chi connectivity index (χ2n) is 4.49. The Balaban J connectivity index is 2.01. The van der Waals surface area contributed by atoms with Crippen LogP contribution in [0.4, 0.5) is 4.79 Å². The van der Waals surface area contributed by atoms with Crippen LogP contribution < -0.4 is 11.2 Å². The number of carbonyl (C=O) groups excluding carboxylic acids is 1. The summed E-state index contributed by atoms with van der Waals surface area (Å²) in [6, 6.07) is -0.609. The number of carbonyl (C=O) groups is 1. The molecular formula is C12H17N3O. The maximum atomic E-state index is 10.5. The van der Waals surface area contributed by atoms with Gasteiger partial charge >= 0.3 is 6.03 Å². The first-order valence-electron chi connectivity index (χ1n) is 5.66. The van der Waals surface area contributed by atoms with Gasteiger partial charge in [0.1, 0.15) is 0 Å². The smallest absolute Gasteiger partial charge is 0.332 e. The van der Waals surface area contributed by atoms with E-state index in [1.54, 1.807) is 0 Å². The molecule has 0 bridgehead atoms. The maximum Gasteiger partial charge on any atom is 0.332 e. The van der Waals surface area contributed by atoms with Gasteiger partial charge in [-0.3, -0.25) is 0 Å². The molecule has 0 aliphatic heterocycles. The SMILES string of the molecule is NC(=O)N/N=C1\C=CC2(CC=CCC2)CC1. The summed E-state index contributed by atoms with van der Waals surface area (Å²) < 4.78 is 0. The largest absolute Gasteiger partial charge is 0.350 e. The lowest BCUT2D eigenvalue weighted by Crippen LogP contribution is -2.28. The minimum absolute atomic E-state index is 0.334. The van der Waals surface area contributed by atoms with Crippen molar-refractivity contribution >= 4 is 11.7 Å². The number of nitrogens with two attached hydrogens (primary N) is 1. The van der Waals surface area contributed by atoms with Crippen molar-refractivity contribution in [1.82, 2.24) is 5.43 Å². The van der Waals surface area contributed by atoms with E-state index in [2.05, 4.69) is 28.8 Å². The van der Waals surface area contributed by atoms with Crippen molar-refractivity contribution in [3.05, 3.63) is 24.3 Å². The number of amides is 2. The molecular weight excluding hydrogens is 202 g/mol. The van der Waals surface area contributed by atoms with Gasteiger partial charge in [-0.1, -0.05) is 18.2 Å². The maximum absolute atomic E-state index is 10.5. The molecule has 1 spiro atoms. The Morgan fingerprint density at radius 3 is 2.88 bits per heavy atom. The van der Waals surface area contributed by atoms with E-state index in [1.807, 2.05) is 6.08 Å². The molecule has 16 heavy (non-hydrogen) atoms. The number of rotatable bonds is 1. The highest BCUT2D eigenvalue weighted by Gasteiger charge is 2.29. The molecule has 2 rings (SSSR count). The van der Waals surface area contributed by atoms with E-state index < -0.39 is 6.03 Å². The lowest BCUT2D eigenvalue weighted by Gasteiger charge is -2.34. The van der Waals surface area contributed by atoms with E-state index in [9.17, 15) is 4.79 Å². The monoisotopic (exact) mass is 219 g/mol. The van der Waals surface area contributed by atoms with Crippen LogP contribution in [0.3, 0.4) is 0 Å². The van der Waals surface area contributed by atoms with Crippen molar-refractivity contribution in [2.45, 2.75) is 32.1 Å². The molecule has 4 nitrogen and oxygen atoms in total. The zero-order valence-corrected chi connectivity index (χ0v) is 9.28. The van der Waals surface area contributed by atoms with Gasteiger partial charge in [-0.15, -0.1) is 0 Å². The summed E-state index contributed by atoms with van der Waals surface area (Å²) in [4.78, 5) is 10.5. The van der Waals surface area contributed by atoms with Gasteiger partial charge < -0.3 is 5.73 Å². The van der Waals surface area contributed by atoms with E-state index in [4.69, 9.17) is 5.73 Å². The number of nitrogens with one attached hydrogen (secondary N) is 1. The number of urea groups is 1. The number of allylic oxidation sites excluding steroid dienone is 4. The van der Waals surface area contributed by atoms with Gasteiger partial charge in [0.2, 0.25) is 0 Å². The van der Waals surface area contributed by atoms with Crippen LogP contribution in [-0.2, 0) is 0 Å². The van der Waals surface area contributed by atoms with Crippen LogP contribution in [0.2, 0.25) is 0 Å². The fraction of sp³-hybridized carbons (Fsp3) is 0.500. The first-order valence-corrected chi connectivity index (χ1v) is 5.66. The van der Waals surface area contributed by atoms with Crippen LogP contribution in [0.5, 0.6) is 0 Å². The topological polar surface area (TPSA) is 67.5 Å². The molecule has 0 radical (unpaired) electrons. The van der Waals surface area contributed by atoms with Gasteiger partial charge in [0.15, 0.2) is 0 Å². The summed E-state index contributed by atoms with van der Waals surface area (Å²) in [5, 5.41) is 3.95. The predicted molar refractivity (Wildman–Crippen MR) is 64.0 cm³/mol. The van der Waals surface area contributed by atoms with Crippen molar-refractivity contribution < 1.29 is 4.79 Å². The molecule has 0 saturated heterocycles. The molecule has 0 aromatic heterocycles. The van der Waals surface area contributed by atoms with Crippen molar-refractivity contribution in [2.24, 2.45) is 16.3 Å². The Bertz CT molecular complexity index is 370. The number of hydrazone groups is 1. The Labute approximate surface area is 95.3 Å². The standard InChI is InChI=1S/C12H17N3O/c13-11(16)15-14-10-4-8-12(9-5-10)6-2-1-3-7-12/h1-2,4,8H,3,5-7,9H2,(H3,13,15,16)/b14-10+. The number of nitrogens with zero attached hydrogens (tertiary/aromatic N) is 1. The first kappa shape index (κ1) is 10.9. The molecule has 0 aromatic carbocycles. The summed E-state index contributed by atoms with van der Waals surface area (Å²) in [5.41, 5.74) is 8.46. The average molecular weight is 219 g/mol. The van der Waals surface area contributed by atoms with Crippen LogP contribution in [0.1, 0.15) is 32.1 Å². The third kappa shape index (κ3) is 2.51. The molecule has 4 heteroatoms. The molecule has 0 aromatic rings. The molecule has 0 heterocycles. The summed E-state index contributed by atoms with van der Waals surface area (Å²) in [6.07, 6.45) is 14.3. The van der Waals surface area contributed by atoms with E-state index in [0.29, 0.717) is 5.41 Å². The zero-order valence-electron chi connectivity index (χ0n) is 9.28. The summed E-state index contributed by atoms with van der Waals surface area (Å²) in [6.45, 7) is 0. The van der Waals surface area contributed by atoms with Crippen LogP contribution in [0, 0.1) is 5.41 Å². The lowest BCUT2D eigenvalue weighted by atomic mass is 9.71. The highest BCUT2D eigenvalue weighted by atomic mass is 16.2. The highest BCUT2D eigenvalue weighted by Crippen LogP contribution is 2.40. The van der Waals surface area contributed by atoms with Gasteiger partial charge in [0.25, 0.3) is 0 Å². The first-order chi connectivity index (χ1) is 7.70. The van der Waals surface area contributed by atoms with E-state index >= 15 is 0 Å². The third-order valence-electron chi connectivity index (χ3n) is 3.32. The average Bonchev–Trinajstić information content (AvgIpc) is 2.29. The molecule has 0 fully saturated rings. The van der Waals surface area contributed by atoms with Crippen LogP contribution >= 0.6 is 0 Å². The van der Waals surface area contributed by atoms with Gasteiger partial charge in [-0.05, 0) is 43.6 Å². The van der Waals surface area contributed by atoms with Gasteiger partial charge in [-0.25, -0.2) is 10.2 Å². The Hall–Kier alpha value is -1.58. The Morgan fingerprint density at radius 1 is 1.44 bits per heavy atom. The second-order valence-corrected chi connectivity index (χ2v) is 4.49. The molecule has 2 aliphatic carbocycles. The van der Waals surface area contributed by atoms with Crippen molar-refractivity contribution in [3.63, 3.8) is 0 Å². The number of hydrogen-bond donors (Lipinski definition) is 2. The Kier molecular flexibility index (Phi) is 3.08. The second kappa shape index (κ2) is 4.51. The van der Waals surface area contributed by atoms with E-state index in [0.717, 1.165) is 31.4 Å². The number of hydrogen-bond acceptors (Lipinski definition) is 2. The third-order valence-corrected chi connectivity index (χ3v) is 3.32. The van der Waals surface area contributed by atoms with Gasteiger partial charge in [0, 0.05) is 0 Å².